The van der Waals surface area contributed by atoms with Crippen molar-refractivity contribution in [3.8, 4) is 0 Å². The van der Waals surface area contributed by atoms with Crippen LogP contribution >= 0.6 is 0 Å². The average Bonchev–Trinajstić information content (AvgIpc) is 2.65. The van der Waals surface area contributed by atoms with Crippen molar-refractivity contribution in [2.45, 2.75) is 38.6 Å². The molecule has 1 rings (SSSR count). The van der Waals surface area contributed by atoms with Crippen molar-refractivity contribution in [1.82, 2.24) is 15.0 Å². The van der Waals surface area contributed by atoms with E-state index in [1.807, 2.05) is 19.0 Å². The van der Waals surface area contributed by atoms with Crippen LogP contribution in [0.2, 0.25) is 0 Å². The number of hydrogen-bond donors (Lipinski definition) is 1. The van der Waals surface area contributed by atoms with Gasteiger partial charge in [0.05, 0.1) is 6.04 Å². The Morgan fingerprint density at radius 1 is 1.44 bits per heavy atom. The molecule has 0 aromatic carbocycles. The number of likely N-dealkylation sites (N-methyl/N-ethyl adjacent to an activating group) is 1. The van der Waals surface area contributed by atoms with E-state index in [-0.39, 0.29) is 6.04 Å². The normalized spacial score (nSPS) is 15.4. The third kappa shape index (κ3) is 3.57. The minimum atomic E-state index is -0.179. The molecule has 5 heteroatoms. The fourth-order valence-electron chi connectivity index (χ4n) is 1.63. The molecule has 0 aliphatic carbocycles. The van der Waals surface area contributed by atoms with Gasteiger partial charge in [-0.15, -0.1) is 0 Å². The first-order chi connectivity index (χ1) is 7.54. The van der Waals surface area contributed by atoms with Gasteiger partial charge in [0.25, 0.3) is 0 Å². The monoisotopic (exact) mass is 226 g/mol. The standard InChI is InChI=1S/C11H22N4O/c1-5-6-8(2)11-13-10(14-16-11)9(12)7-15(3)4/h8-9H,5-7,12H2,1-4H3. The van der Waals surface area contributed by atoms with Crippen molar-refractivity contribution in [2.24, 2.45) is 5.73 Å². The van der Waals surface area contributed by atoms with Crippen LogP contribution in [-0.2, 0) is 0 Å². The van der Waals surface area contributed by atoms with Crippen LogP contribution in [0, 0.1) is 0 Å². The van der Waals surface area contributed by atoms with Crippen molar-refractivity contribution in [2.75, 3.05) is 20.6 Å². The summed E-state index contributed by atoms with van der Waals surface area (Å²) in [6, 6.07) is -0.179. The summed E-state index contributed by atoms with van der Waals surface area (Å²) in [7, 11) is 3.95. The maximum atomic E-state index is 5.96. The molecule has 0 aliphatic heterocycles. The maximum Gasteiger partial charge on any atom is 0.229 e. The molecule has 2 N–H and O–H groups in total. The number of hydrogen-bond acceptors (Lipinski definition) is 5. The Kier molecular flexibility index (Phi) is 4.89. The van der Waals surface area contributed by atoms with E-state index >= 15 is 0 Å². The quantitative estimate of drug-likeness (QED) is 0.796. The Bertz CT molecular complexity index is 311. The van der Waals surface area contributed by atoms with E-state index < -0.39 is 0 Å². The highest BCUT2D eigenvalue weighted by molar-refractivity contribution is 4.97. The minimum absolute atomic E-state index is 0.179. The molecule has 5 nitrogen and oxygen atoms in total. The highest BCUT2D eigenvalue weighted by Crippen LogP contribution is 2.19. The number of nitrogens with zero attached hydrogens (tertiary/aromatic N) is 3. The first-order valence-corrected chi connectivity index (χ1v) is 5.78. The van der Waals surface area contributed by atoms with Gasteiger partial charge < -0.3 is 15.2 Å². The number of nitrogens with two attached hydrogens (primary N) is 1. The van der Waals surface area contributed by atoms with E-state index in [4.69, 9.17) is 10.3 Å². The Morgan fingerprint density at radius 2 is 2.12 bits per heavy atom. The fourth-order valence-corrected chi connectivity index (χ4v) is 1.63. The largest absolute Gasteiger partial charge is 0.339 e. The molecule has 0 radical (unpaired) electrons. The van der Waals surface area contributed by atoms with Gasteiger partial charge in [-0.3, -0.25) is 0 Å². The molecule has 1 aromatic heterocycles. The molecule has 0 saturated carbocycles. The van der Waals surface area contributed by atoms with Gasteiger partial charge in [0, 0.05) is 12.5 Å². The first kappa shape index (κ1) is 13.1. The molecule has 92 valence electrons. The number of rotatable bonds is 6. The zero-order valence-electron chi connectivity index (χ0n) is 10.6. The molecule has 0 fully saturated rings. The molecular weight excluding hydrogens is 204 g/mol. The van der Waals surface area contributed by atoms with Crippen molar-refractivity contribution in [3.63, 3.8) is 0 Å². The van der Waals surface area contributed by atoms with E-state index in [2.05, 4.69) is 24.0 Å². The Balaban J connectivity index is 2.63. The van der Waals surface area contributed by atoms with Crippen LogP contribution in [0.25, 0.3) is 0 Å². The van der Waals surface area contributed by atoms with Crippen LogP contribution in [0.5, 0.6) is 0 Å². The van der Waals surface area contributed by atoms with E-state index in [0.717, 1.165) is 19.4 Å². The first-order valence-electron chi connectivity index (χ1n) is 5.78. The minimum Gasteiger partial charge on any atom is -0.339 e. The van der Waals surface area contributed by atoms with E-state index in [9.17, 15) is 0 Å². The second-order valence-corrected chi connectivity index (χ2v) is 4.55. The number of aromatic nitrogens is 2. The smallest absolute Gasteiger partial charge is 0.229 e. The summed E-state index contributed by atoms with van der Waals surface area (Å²) in [4.78, 5) is 6.36. The van der Waals surface area contributed by atoms with Crippen LogP contribution in [0.15, 0.2) is 4.52 Å². The lowest BCUT2D eigenvalue weighted by Crippen LogP contribution is -2.26. The van der Waals surface area contributed by atoms with Crippen LogP contribution in [0.4, 0.5) is 0 Å². The molecule has 0 aliphatic rings. The summed E-state index contributed by atoms with van der Waals surface area (Å²) < 4.78 is 5.22. The molecule has 2 atom stereocenters. The van der Waals surface area contributed by atoms with Gasteiger partial charge >= 0.3 is 0 Å². The molecule has 1 aromatic rings. The third-order valence-electron chi connectivity index (χ3n) is 2.49. The predicted molar refractivity (Wildman–Crippen MR) is 63.1 cm³/mol. The molecule has 2 unspecified atom stereocenters. The second-order valence-electron chi connectivity index (χ2n) is 4.55. The van der Waals surface area contributed by atoms with E-state index in [1.165, 1.54) is 0 Å². The Hall–Kier alpha value is -0.940. The topological polar surface area (TPSA) is 68.2 Å². The average molecular weight is 226 g/mol. The summed E-state index contributed by atoms with van der Waals surface area (Å²) in [6.07, 6.45) is 2.17. The van der Waals surface area contributed by atoms with Crippen LogP contribution in [0.1, 0.15) is 50.4 Å². The molecular formula is C11H22N4O. The molecule has 1 heterocycles. The fraction of sp³-hybridized carbons (Fsp3) is 0.818. The Morgan fingerprint density at radius 3 is 2.69 bits per heavy atom. The van der Waals surface area contributed by atoms with Gasteiger partial charge in [0.2, 0.25) is 5.89 Å². The summed E-state index contributed by atoms with van der Waals surface area (Å²) in [5.41, 5.74) is 5.96. The van der Waals surface area contributed by atoms with Crippen molar-refractivity contribution in [3.05, 3.63) is 11.7 Å². The maximum absolute atomic E-state index is 5.96. The van der Waals surface area contributed by atoms with Crippen LogP contribution < -0.4 is 5.73 Å². The lowest BCUT2D eigenvalue weighted by atomic mass is 10.1. The Labute approximate surface area is 97.0 Å². The van der Waals surface area contributed by atoms with Gasteiger partial charge in [-0.25, -0.2) is 0 Å². The zero-order chi connectivity index (χ0) is 12.1. The second kappa shape index (κ2) is 5.96. The van der Waals surface area contributed by atoms with Gasteiger partial charge in [-0.2, -0.15) is 4.98 Å². The van der Waals surface area contributed by atoms with Gasteiger partial charge in [0.1, 0.15) is 0 Å². The van der Waals surface area contributed by atoms with Crippen LogP contribution in [0.3, 0.4) is 0 Å². The molecule has 0 saturated heterocycles. The van der Waals surface area contributed by atoms with Gasteiger partial charge in [-0.1, -0.05) is 25.4 Å². The molecule has 0 amide bonds. The zero-order valence-corrected chi connectivity index (χ0v) is 10.6. The summed E-state index contributed by atoms with van der Waals surface area (Å²) in [5, 5.41) is 3.93. The predicted octanol–water partition coefficient (Wildman–Crippen LogP) is 1.53. The van der Waals surface area contributed by atoms with E-state index in [0.29, 0.717) is 17.6 Å². The summed E-state index contributed by atoms with van der Waals surface area (Å²) >= 11 is 0. The summed E-state index contributed by atoms with van der Waals surface area (Å²) in [6.45, 7) is 4.96. The third-order valence-corrected chi connectivity index (χ3v) is 2.49. The molecule has 16 heavy (non-hydrogen) atoms. The van der Waals surface area contributed by atoms with Crippen molar-refractivity contribution < 1.29 is 4.52 Å². The molecule has 0 bridgehead atoms. The summed E-state index contributed by atoms with van der Waals surface area (Å²) in [5.74, 6) is 1.62. The van der Waals surface area contributed by atoms with Crippen molar-refractivity contribution in [1.29, 1.82) is 0 Å². The van der Waals surface area contributed by atoms with Crippen LogP contribution in [-0.4, -0.2) is 35.7 Å². The SMILES string of the molecule is CCCC(C)c1nc(C(N)CN(C)C)no1. The van der Waals surface area contributed by atoms with Gasteiger partial charge in [-0.05, 0) is 20.5 Å². The highest BCUT2D eigenvalue weighted by Gasteiger charge is 2.18. The highest BCUT2D eigenvalue weighted by atomic mass is 16.5. The van der Waals surface area contributed by atoms with E-state index in [1.54, 1.807) is 0 Å². The molecule has 0 spiro atoms. The lowest BCUT2D eigenvalue weighted by Gasteiger charge is -2.13. The van der Waals surface area contributed by atoms with Crippen molar-refractivity contribution >= 4 is 0 Å². The lowest BCUT2D eigenvalue weighted by molar-refractivity contribution is 0.335. The van der Waals surface area contributed by atoms with Gasteiger partial charge in [0.15, 0.2) is 5.82 Å².